The fourth-order valence-corrected chi connectivity index (χ4v) is 0.0493. The van der Waals surface area contributed by atoms with Gasteiger partial charge in [0.1, 0.15) is 0 Å². The smallest absolute Gasteiger partial charge is 0.282 e. The molecule has 0 atom stereocenters. The van der Waals surface area contributed by atoms with Crippen LogP contribution in [-0.2, 0) is 4.79 Å². The van der Waals surface area contributed by atoms with Gasteiger partial charge in [-0.15, -0.1) is 0 Å². The number of hydrogen-bond acceptors (Lipinski definition) is 3. The van der Waals surface area contributed by atoms with E-state index >= 15 is 0 Å². The van der Waals surface area contributed by atoms with E-state index in [1.807, 2.05) is 0 Å². The van der Waals surface area contributed by atoms with E-state index in [0.717, 1.165) is 0 Å². The second-order valence-electron chi connectivity index (χ2n) is 0.755. The number of amides is 1. The van der Waals surface area contributed by atoms with E-state index in [4.69, 9.17) is 16.8 Å². The van der Waals surface area contributed by atoms with Crippen LogP contribution in [-0.4, -0.2) is 16.3 Å². The zero-order valence-corrected chi connectivity index (χ0v) is 4.01. The Balaban J connectivity index is 3.82. The SMILES string of the molecule is NC(=O)C(Cl)=NO. The van der Waals surface area contributed by atoms with Crippen LogP contribution in [0.2, 0.25) is 0 Å². The Morgan fingerprint density at radius 2 is 2.29 bits per heavy atom. The van der Waals surface area contributed by atoms with Gasteiger partial charge in [-0.25, -0.2) is 0 Å². The number of oxime groups is 1. The summed E-state index contributed by atoms with van der Waals surface area (Å²) in [4.78, 5) is 9.73. The van der Waals surface area contributed by atoms with Gasteiger partial charge in [0.25, 0.3) is 5.91 Å². The molecule has 0 radical (unpaired) electrons. The molecule has 5 heteroatoms. The predicted molar refractivity (Wildman–Crippen MR) is 24.3 cm³/mol. The van der Waals surface area contributed by atoms with Crippen LogP contribution in [0.25, 0.3) is 0 Å². The third-order valence-corrected chi connectivity index (χ3v) is 0.553. The van der Waals surface area contributed by atoms with E-state index in [-0.39, 0.29) is 0 Å². The lowest BCUT2D eigenvalue weighted by atomic mass is 10.7. The number of primary amides is 1. The molecule has 0 fully saturated rings. The van der Waals surface area contributed by atoms with Gasteiger partial charge in [-0.1, -0.05) is 16.8 Å². The average Bonchev–Trinajstić information content (AvgIpc) is 1.65. The molecule has 40 valence electrons. The van der Waals surface area contributed by atoms with E-state index in [9.17, 15) is 4.79 Å². The zero-order chi connectivity index (χ0) is 5.86. The molecule has 0 aliphatic rings. The maximum Gasteiger partial charge on any atom is 0.282 e. The first-order valence-electron chi connectivity index (χ1n) is 1.36. The summed E-state index contributed by atoms with van der Waals surface area (Å²) in [5.41, 5.74) is 4.48. The monoisotopic (exact) mass is 122 g/mol. The van der Waals surface area contributed by atoms with Gasteiger partial charge < -0.3 is 10.9 Å². The van der Waals surface area contributed by atoms with Crippen LogP contribution in [0, 0.1) is 0 Å². The van der Waals surface area contributed by atoms with Crippen molar-refractivity contribution in [3.05, 3.63) is 0 Å². The Morgan fingerprint density at radius 1 is 1.86 bits per heavy atom. The molecular formula is C2H3ClN2O2. The highest BCUT2D eigenvalue weighted by atomic mass is 35.5. The summed E-state index contributed by atoms with van der Waals surface area (Å²) in [7, 11) is 0. The van der Waals surface area contributed by atoms with Crippen molar-refractivity contribution in [1.29, 1.82) is 0 Å². The Hall–Kier alpha value is -0.770. The molecule has 7 heavy (non-hydrogen) atoms. The molecule has 0 aliphatic heterocycles. The lowest BCUT2D eigenvalue weighted by Crippen LogP contribution is -2.17. The number of halogens is 1. The van der Waals surface area contributed by atoms with E-state index in [2.05, 4.69) is 10.9 Å². The third-order valence-electron chi connectivity index (χ3n) is 0.291. The maximum absolute atomic E-state index is 9.73. The van der Waals surface area contributed by atoms with Crippen LogP contribution in [0.4, 0.5) is 0 Å². The normalized spacial score (nSPS) is 11.3. The van der Waals surface area contributed by atoms with Crippen molar-refractivity contribution < 1.29 is 10.0 Å². The molecule has 0 unspecified atom stereocenters. The molecule has 4 nitrogen and oxygen atoms in total. The zero-order valence-electron chi connectivity index (χ0n) is 3.26. The van der Waals surface area contributed by atoms with Crippen molar-refractivity contribution in [3.8, 4) is 0 Å². The van der Waals surface area contributed by atoms with Gasteiger partial charge in [-0.2, -0.15) is 0 Å². The quantitative estimate of drug-likeness (QED) is 0.279. The van der Waals surface area contributed by atoms with Crippen LogP contribution in [0.15, 0.2) is 5.16 Å². The van der Waals surface area contributed by atoms with Crippen molar-refractivity contribution in [2.75, 3.05) is 0 Å². The third kappa shape index (κ3) is 1.99. The number of hydrogen-bond donors (Lipinski definition) is 2. The van der Waals surface area contributed by atoms with E-state index in [1.165, 1.54) is 0 Å². The summed E-state index contributed by atoms with van der Waals surface area (Å²) in [6, 6.07) is 0. The van der Waals surface area contributed by atoms with Gasteiger partial charge in [0, 0.05) is 0 Å². The highest BCUT2D eigenvalue weighted by Crippen LogP contribution is 1.78. The molecule has 0 saturated carbocycles. The second kappa shape index (κ2) is 2.41. The highest BCUT2D eigenvalue weighted by molar-refractivity contribution is 6.82. The average molecular weight is 123 g/mol. The Bertz CT molecular complexity index is 110. The molecule has 0 spiro atoms. The number of carbonyl (C=O) groups excluding carboxylic acids is 1. The first kappa shape index (κ1) is 6.23. The fraction of sp³-hybridized carbons (Fsp3) is 0. The van der Waals surface area contributed by atoms with Crippen molar-refractivity contribution in [2.24, 2.45) is 10.9 Å². The lowest BCUT2D eigenvalue weighted by molar-refractivity contribution is -0.111. The second-order valence-corrected chi connectivity index (χ2v) is 1.11. The number of nitrogens with two attached hydrogens (primary N) is 1. The molecule has 0 aromatic rings. The van der Waals surface area contributed by atoms with Gasteiger partial charge in [0.05, 0.1) is 0 Å². The van der Waals surface area contributed by atoms with Crippen molar-refractivity contribution in [2.45, 2.75) is 0 Å². The number of rotatable bonds is 1. The van der Waals surface area contributed by atoms with Crippen LogP contribution >= 0.6 is 11.6 Å². The summed E-state index contributed by atoms with van der Waals surface area (Å²) in [5, 5.41) is 9.34. The summed E-state index contributed by atoms with van der Waals surface area (Å²) in [6.07, 6.45) is 0. The number of nitrogens with zero attached hydrogens (tertiary/aromatic N) is 1. The first-order chi connectivity index (χ1) is 3.18. The lowest BCUT2D eigenvalue weighted by Gasteiger charge is -1.79. The number of carbonyl (C=O) groups is 1. The summed E-state index contributed by atoms with van der Waals surface area (Å²) in [5.74, 6) is -0.941. The Morgan fingerprint density at radius 3 is 2.29 bits per heavy atom. The summed E-state index contributed by atoms with van der Waals surface area (Å²) >= 11 is 4.83. The summed E-state index contributed by atoms with van der Waals surface area (Å²) < 4.78 is 0. The standard InChI is InChI=1S/C2H3ClN2O2/c3-1(5-7)2(4)6/h7H,(H2,4,6). The summed E-state index contributed by atoms with van der Waals surface area (Å²) in [6.45, 7) is 0. The minimum atomic E-state index is -0.941. The van der Waals surface area contributed by atoms with E-state index < -0.39 is 11.1 Å². The highest BCUT2D eigenvalue weighted by Gasteiger charge is 1.98. The van der Waals surface area contributed by atoms with Gasteiger partial charge in [-0.05, 0) is 0 Å². The minimum Gasteiger partial charge on any atom is -0.409 e. The molecule has 0 rings (SSSR count). The molecule has 1 amide bonds. The van der Waals surface area contributed by atoms with E-state index in [1.54, 1.807) is 0 Å². The van der Waals surface area contributed by atoms with Crippen molar-refractivity contribution in [3.63, 3.8) is 0 Å². The van der Waals surface area contributed by atoms with Crippen LogP contribution in [0.3, 0.4) is 0 Å². The molecule has 0 aromatic carbocycles. The van der Waals surface area contributed by atoms with Gasteiger partial charge in [0.2, 0.25) is 5.17 Å². The van der Waals surface area contributed by atoms with Crippen LogP contribution < -0.4 is 5.73 Å². The predicted octanol–water partition coefficient (Wildman–Crippen LogP) is -0.502. The first-order valence-corrected chi connectivity index (χ1v) is 1.73. The molecular weight excluding hydrogens is 119 g/mol. The van der Waals surface area contributed by atoms with E-state index in [0.29, 0.717) is 0 Å². The fourth-order valence-electron chi connectivity index (χ4n) is 0.0493. The maximum atomic E-state index is 9.73. The van der Waals surface area contributed by atoms with Crippen molar-refractivity contribution >= 4 is 22.7 Å². The van der Waals surface area contributed by atoms with Crippen molar-refractivity contribution in [1.82, 2.24) is 0 Å². The molecule has 0 aromatic heterocycles. The van der Waals surface area contributed by atoms with Crippen LogP contribution in [0.5, 0.6) is 0 Å². The van der Waals surface area contributed by atoms with Gasteiger partial charge in [0.15, 0.2) is 0 Å². The topological polar surface area (TPSA) is 75.7 Å². The molecule has 3 N–H and O–H groups in total. The van der Waals surface area contributed by atoms with Gasteiger partial charge in [-0.3, -0.25) is 4.79 Å². The van der Waals surface area contributed by atoms with Gasteiger partial charge >= 0.3 is 0 Å². The molecule has 0 aliphatic carbocycles. The Kier molecular flexibility index (Phi) is 2.15. The molecule has 0 saturated heterocycles. The molecule has 0 bridgehead atoms. The largest absolute Gasteiger partial charge is 0.409 e. The minimum absolute atomic E-state index is 0.611. The Labute approximate surface area is 44.6 Å². The molecule has 0 heterocycles. The van der Waals surface area contributed by atoms with Crippen LogP contribution in [0.1, 0.15) is 0 Å².